The molecule has 5 heteroatoms. The number of rotatable bonds is 7. The Bertz CT molecular complexity index is 349. The Kier molecular flexibility index (Phi) is 6.32. The summed E-state index contributed by atoms with van der Waals surface area (Å²) in [4.78, 5) is 0. The van der Waals surface area contributed by atoms with Crippen LogP contribution in [-0.2, 0) is 6.42 Å². The van der Waals surface area contributed by atoms with Crippen LogP contribution in [0.3, 0.4) is 0 Å². The van der Waals surface area contributed by atoms with E-state index in [9.17, 15) is 4.39 Å². The zero-order chi connectivity index (χ0) is 12.7. The van der Waals surface area contributed by atoms with Crippen LogP contribution in [0.5, 0.6) is 5.75 Å². The molecule has 0 bridgehead atoms. The normalized spacial score (nSPS) is 12.5. The molecular formula is C12H19FN2OS. The summed E-state index contributed by atoms with van der Waals surface area (Å²) < 4.78 is 18.4. The first-order valence-corrected chi connectivity index (χ1v) is 6.88. The SMILES string of the molecule is COc1ccc(CC(CCSC)NN)cc1F. The summed E-state index contributed by atoms with van der Waals surface area (Å²) in [6.07, 6.45) is 3.74. The molecule has 0 aliphatic rings. The lowest BCUT2D eigenvalue weighted by Gasteiger charge is -2.15. The van der Waals surface area contributed by atoms with Crippen LogP contribution in [0, 0.1) is 5.82 Å². The molecule has 1 unspecified atom stereocenters. The van der Waals surface area contributed by atoms with E-state index in [1.165, 1.54) is 13.2 Å². The van der Waals surface area contributed by atoms with E-state index in [-0.39, 0.29) is 17.6 Å². The molecule has 0 fully saturated rings. The third-order valence-corrected chi connectivity index (χ3v) is 3.25. The van der Waals surface area contributed by atoms with Crippen LogP contribution < -0.4 is 16.0 Å². The maximum atomic E-state index is 13.5. The molecule has 0 saturated heterocycles. The number of hydrazine groups is 1. The quantitative estimate of drug-likeness (QED) is 0.580. The molecule has 0 aliphatic heterocycles. The average molecular weight is 258 g/mol. The van der Waals surface area contributed by atoms with Gasteiger partial charge < -0.3 is 4.74 Å². The summed E-state index contributed by atoms with van der Waals surface area (Å²) in [5.41, 5.74) is 3.69. The van der Waals surface area contributed by atoms with Gasteiger partial charge in [0.05, 0.1) is 7.11 Å². The van der Waals surface area contributed by atoms with Crippen molar-refractivity contribution >= 4 is 11.8 Å². The van der Waals surface area contributed by atoms with Crippen molar-refractivity contribution in [1.82, 2.24) is 5.43 Å². The lowest BCUT2D eigenvalue weighted by Crippen LogP contribution is -2.37. The molecule has 0 saturated carbocycles. The highest BCUT2D eigenvalue weighted by atomic mass is 32.2. The number of thioether (sulfide) groups is 1. The number of halogens is 1. The van der Waals surface area contributed by atoms with Crippen LogP contribution in [0.15, 0.2) is 18.2 Å². The monoisotopic (exact) mass is 258 g/mol. The highest BCUT2D eigenvalue weighted by molar-refractivity contribution is 7.98. The van der Waals surface area contributed by atoms with Crippen molar-refractivity contribution in [3.8, 4) is 5.75 Å². The summed E-state index contributed by atoms with van der Waals surface area (Å²) in [6, 6.07) is 5.19. The number of nitrogens with one attached hydrogen (secondary N) is 1. The zero-order valence-corrected chi connectivity index (χ0v) is 11.0. The number of hydrogen-bond donors (Lipinski definition) is 2. The molecule has 0 radical (unpaired) electrons. The van der Waals surface area contributed by atoms with E-state index in [4.69, 9.17) is 10.6 Å². The second-order valence-corrected chi connectivity index (χ2v) is 4.80. The van der Waals surface area contributed by atoms with Crippen molar-refractivity contribution < 1.29 is 9.13 Å². The van der Waals surface area contributed by atoms with Crippen molar-refractivity contribution in [2.24, 2.45) is 5.84 Å². The van der Waals surface area contributed by atoms with Crippen molar-refractivity contribution in [3.05, 3.63) is 29.6 Å². The Labute approximate surface area is 106 Å². The number of ether oxygens (including phenoxy) is 1. The maximum Gasteiger partial charge on any atom is 0.165 e. The fourth-order valence-electron chi connectivity index (χ4n) is 1.63. The maximum absolute atomic E-state index is 13.5. The molecule has 1 atom stereocenters. The van der Waals surface area contributed by atoms with Crippen molar-refractivity contribution in [2.75, 3.05) is 19.1 Å². The minimum absolute atomic E-state index is 0.176. The van der Waals surface area contributed by atoms with Crippen LogP contribution in [0.4, 0.5) is 4.39 Å². The van der Waals surface area contributed by atoms with Crippen molar-refractivity contribution in [2.45, 2.75) is 18.9 Å². The molecule has 3 N–H and O–H groups in total. The number of hydrogen-bond acceptors (Lipinski definition) is 4. The van der Waals surface area contributed by atoms with Gasteiger partial charge in [0, 0.05) is 6.04 Å². The summed E-state index contributed by atoms with van der Waals surface area (Å²) in [7, 11) is 1.46. The highest BCUT2D eigenvalue weighted by Crippen LogP contribution is 2.19. The van der Waals surface area contributed by atoms with Gasteiger partial charge in [0.1, 0.15) is 0 Å². The van der Waals surface area contributed by atoms with Gasteiger partial charge in [0.2, 0.25) is 0 Å². The molecule has 0 aliphatic carbocycles. The third-order valence-electron chi connectivity index (χ3n) is 2.60. The van der Waals surface area contributed by atoms with Crippen LogP contribution in [0.25, 0.3) is 0 Å². The summed E-state index contributed by atoms with van der Waals surface area (Å²) in [5, 5.41) is 0. The molecule has 1 rings (SSSR count). The van der Waals surface area contributed by atoms with E-state index < -0.39 is 0 Å². The van der Waals surface area contributed by atoms with Gasteiger partial charge in [-0.2, -0.15) is 11.8 Å². The van der Waals surface area contributed by atoms with Crippen LogP contribution in [0.1, 0.15) is 12.0 Å². The van der Waals surface area contributed by atoms with Crippen LogP contribution in [0.2, 0.25) is 0 Å². The molecular weight excluding hydrogens is 239 g/mol. The van der Waals surface area contributed by atoms with E-state index >= 15 is 0 Å². The van der Waals surface area contributed by atoms with Gasteiger partial charge in [-0.1, -0.05) is 6.07 Å². The van der Waals surface area contributed by atoms with E-state index in [0.717, 1.165) is 24.2 Å². The van der Waals surface area contributed by atoms with Crippen LogP contribution >= 0.6 is 11.8 Å². The van der Waals surface area contributed by atoms with E-state index in [0.29, 0.717) is 0 Å². The second kappa shape index (κ2) is 7.53. The molecule has 3 nitrogen and oxygen atoms in total. The van der Waals surface area contributed by atoms with Gasteiger partial charge in [-0.25, -0.2) is 4.39 Å². The Balaban J connectivity index is 2.63. The Hall–Kier alpha value is -0.780. The average Bonchev–Trinajstić information content (AvgIpc) is 2.34. The molecule has 96 valence electrons. The van der Waals surface area contributed by atoms with Crippen LogP contribution in [-0.4, -0.2) is 25.2 Å². The van der Waals surface area contributed by atoms with Gasteiger partial charge in [-0.15, -0.1) is 0 Å². The first kappa shape index (κ1) is 14.3. The number of nitrogens with two attached hydrogens (primary N) is 1. The minimum atomic E-state index is -0.328. The fourth-order valence-corrected chi connectivity index (χ4v) is 2.15. The van der Waals surface area contributed by atoms with Gasteiger partial charge in [-0.3, -0.25) is 11.3 Å². The largest absolute Gasteiger partial charge is 0.494 e. The Morgan fingerprint density at radius 3 is 2.82 bits per heavy atom. The summed E-state index contributed by atoms with van der Waals surface area (Å²) >= 11 is 1.78. The Morgan fingerprint density at radius 2 is 2.29 bits per heavy atom. The highest BCUT2D eigenvalue weighted by Gasteiger charge is 2.09. The molecule has 1 aromatic carbocycles. The van der Waals surface area contributed by atoms with E-state index in [1.807, 2.05) is 6.07 Å². The molecule has 17 heavy (non-hydrogen) atoms. The first-order chi connectivity index (χ1) is 8.21. The lowest BCUT2D eigenvalue weighted by atomic mass is 10.0. The third kappa shape index (κ3) is 4.53. The summed E-state index contributed by atoms with van der Waals surface area (Å²) in [6.45, 7) is 0. The number of benzene rings is 1. The molecule has 1 aromatic rings. The first-order valence-electron chi connectivity index (χ1n) is 5.48. The zero-order valence-electron chi connectivity index (χ0n) is 10.2. The minimum Gasteiger partial charge on any atom is -0.494 e. The second-order valence-electron chi connectivity index (χ2n) is 3.82. The molecule has 0 aromatic heterocycles. The molecule has 0 heterocycles. The summed E-state index contributed by atoms with van der Waals surface area (Å²) in [5.74, 6) is 6.46. The van der Waals surface area contributed by atoms with Gasteiger partial charge in [0.25, 0.3) is 0 Å². The molecule has 0 spiro atoms. The van der Waals surface area contributed by atoms with E-state index in [1.54, 1.807) is 17.8 Å². The standard InChI is InChI=1S/C12H19FN2OS/c1-16-12-4-3-9(8-11(12)13)7-10(15-14)5-6-17-2/h3-4,8,10,15H,5-7,14H2,1-2H3. The lowest BCUT2D eigenvalue weighted by molar-refractivity contribution is 0.386. The Morgan fingerprint density at radius 1 is 1.53 bits per heavy atom. The topological polar surface area (TPSA) is 47.3 Å². The van der Waals surface area contributed by atoms with E-state index in [2.05, 4.69) is 11.7 Å². The smallest absolute Gasteiger partial charge is 0.165 e. The fraction of sp³-hybridized carbons (Fsp3) is 0.500. The predicted octanol–water partition coefficient (Wildman–Crippen LogP) is 1.96. The molecule has 0 amide bonds. The van der Waals surface area contributed by atoms with Gasteiger partial charge >= 0.3 is 0 Å². The van der Waals surface area contributed by atoms with Crippen molar-refractivity contribution in [1.29, 1.82) is 0 Å². The number of methoxy groups -OCH3 is 1. The van der Waals surface area contributed by atoms with Gasteiger partial charge in [0.15, 0.2) is 11.6 Å². The van der Waals surface area contributed by atoms with Crippen molar-refractivity contribution in [3.63, 3.8) is 0 Å². The predicted molar refractivity (Wildman–Crippen MR) is 70.8 cm³/mol. The van der Waals surface area contributed by atoms with Gasteiger partial charge in [-0.05, 0) is 42.5 Å².